The monoisotopic (exact) mass is 290 g/mol. The zero-order chi connectivity index (χ0) is 15.7. The lowest BCUT2D eigenvalue weighted by Crippen LogP contribution is -2.22. The van der Waals surface area contributed by atoms with Crippen LogP contribution in [0, 0.1) is 0 Å². The third-order valence-electron chi connectivity index (χ3n) is 3.03. The van der Waals surface area contributed by atoms with Crippen molar-refractivity contribution in [1.82, 2.24) is 0 Å². The maximum Gasteiger partial charge on any atom is 0.331 e. The van der Waals surface area contributed by atoms with Crippen molar-refractivity contribution in [3.05, 3.63) is 47.6 Å². The van der Waals surface area contributed by atoms with Crippen molar-refractivity contribution in [2.24, 2.45) is 0 Å². The van der Waals surface area contributed by atoms with E-state index in [4.69, 9.17) is 9.84 Å². The third kappa shape index (κ3) is 7.66. The predicted octanol–water partition coefficient (Wildman–Crippen LogP) is 3.86. The topological polar surface area (TPSA) is 46.5 Å². The van der Waals surface area contributed by atoms with Gasteiger partial charge in [0, 0.05) is 6.08 Å². The summed E-state index contributed by atoms with van der Waals surface area (Å²) < 4.78 is 5.27. The molecule has 0 atom stereocenters. The second-order valence-corrected chi connectivity index (χ2v) is 6.09. The van der Waals surface area contributed by atoms with E-state index in [1.807, 2.05) is 39.0 Å². The molecule has 3 heteroatoms. The minimum absolute atomic E-state index is 0.0504. The molecule has 0 saturated carbocycles. The van der Waals surface area contributed by atoms with Crippen LogP contribution in [0.1, 0.15) is 46.5 Å². The van der Waals surface area contributed by atoms with E-state index < -0.39 is 5.60 Å². The Hall–Kier alpha value is -1.61. The first kappa shape index (κ1) is 17.4. The normalized spacial score (nSPS) is 17.3. The molecule has 0 aromatic carbocycles. The average molecular weight is 290 g/mol. The largest absolute Gasteiger partial charge is 0.457 e. The van der Waals surface area contributed by atoms with Crippen molar-refractivity contribution >= 4 is 5.97 Å². The molecule has 0 radical (unpaired) electrons. The lowest BCUT2D eigenvalue weighted by molar-refractivity contribution is -0.148. The van der Waals surface area contributed by atoms with Crippen LogP contribution in [0.15, 0.2) is 47.6 Å². The van der Waals surface area contributed by atoms with E-state index in [0.717, 1.165) is 19.3 Å². The Labute approximate surface area is 127 Å². The first-order valence-electron chi connectivity index (χ1n) is 7.49. The van der Waals surface area contributed by atoms with Gasteiger partial charge in [0.05, 0.1) is 6.61 Å². The van der Waals surface area contributed by atoms with Crippen molar-refractivity contribution in [2.45, 2.75) is 52.1 Å². The molecule has 21 heavy (non-hydrogen) atoms. The molecule has 0 amide bonds. The zero-order valence-corrected chi connectivity index (χ0v) is 13.3. The molecule has 0 fully saturated rings. The molecule has 0 heterocycles. The Morgan fingerprint density at radius 1 is 1.14 bits per heavy atom. The Kier molecular flexibility index (Phi) is 7.17. The summed E-state index contributed by atoms with van der Waals surface area (Å²) in [4.78, 5) is 11.7. The van der Waals surface area contributed by atoms with Gasteiger partial charge in [0.2, 0.25) is 0 Å². The van der Waals surface area contributed by atoms with Gasteiger partial charge in [-0.2, -0.15) is 0 Å². The number of hydrogen-bond donors (Lipinski definition) is 1. The average Bonchev–Trinajstić information content (AvgIpc) is 2.40. The summed E-state index contributed by atoms with van der Waals surface area (Å²) in [6, 6.07) is 0. The Bertz CT molecular complexity index is 459. The van der Waals surface area contributed by atoms with Crippen LogP contribution in [0.5, 0.6) is 0 Å². The summed E-state index contributed by atoms with van der Waals surface area (Å²) in [5.74, 6) is -0.302. The molecule has 0 bridgehead atoms. The summed E-state index contributed by atoms with van der Waals surface area (Å²) in [6.07, 6.45) is 15.2. The van der Waals surface area contributed by atoms with Crippen molar-refractivity contribution in [1.29, 1.82) is 0 Å². The van der Waals surface area contributed by atoms with Gasteiger partial charge >= 0.3 is 5.97 Å². The third-order valence-corrected chi connectivity index (χ3v) is 3.03. The number of rotatable bonds is 5. The number of ether oxygens (including phenoxy) is 1. The van der Waals surface area contributed by atoms with Gasteiger partial charge in [-0.05, 0) is 57.6 Å². The van der Waals surface area contributed by atoms with E-state index in [1.54, 1.807) is 6.08 Å². The molecular weight excluding hydrogens is 264 g/mol. The maximum absolute atomic E-state index is 11.7. The zero-order valence-electron chi connectivity index (χ0n) is 13.3. The van der Waals surface area contributed by atoms with Crippen LogP contribution in [-0.4, -0.2) is 23.3 Å². The van der Waals surface area contributed by atoms with Crippen LogP contribution >= 0.6 is 0 Å². The first-order valence-corrected chi connectivity index (χ1v) is 7.49. The Morgan fingerprint density at radius 2 is 1.76 bits per heavy atom. The smallest absolute Gasteiger partial charge is 0.331 e. The van der Waals surface area contributed by atoms with E-state index >= 15 is 0 Å². The minimum atomic E-state index is -0.458. The summed E-state index contributed by atoms with van der Waals surface area (Å²) in [6.45, 7) is 5.63. The van der Waals surface area contributed by atoms with Crippen molar-refractivity contribution in [3.63, 3.8) is 0 Å². The Balaban J connectivity index is 2.75. The molecule has 0 unspecified atom stereocenters. The van der Waals surface area contributed by atoms with E-state index in [2.05, 4.69) is 6.08 Å². The molecule has 1 aliphatic rings. The van der Waals surface area contributed by atoms with Gasteiger partial charge in [0.25, 0.3) is 0 Å². The molecule has 0 spiro atoms. The van der Waals surface area contributed by atoms with Gasteiger partial charge in [0.15, 0.2) is 0 Å². The molecule has 0 aromatic rings. The molecule has 116 valence electrons. The SMILES string of the molecule is CC(C)(C)OC(=O)/C=C/C1=C(/C=C/C=C/CO)CCCC1. The van der Waals surface area contributed by atoms with Crippen molar-refractivity contribution in [2.75, 3.05) is 6.61 Å². The van der Waals surface area contributed by atoms with Gasteiger partial charge in [-0.15, -0.1) is 0 Å². The summed E-state index contributed by atoms with van der Waals surface area (Å²) in [5, 5.41) is 8.70. The molecule has 3 nitrogen and oxygen atoms in total. The molecule has 0 aromatic heterocycles. The van der Waals surface area contributed by atoms with Gasteiger partial charge in [-0.1, -0.05) is 30.4 Å². The number of allylic oxidation sites excluding steroid dienone is 6. The quantitative estimate of drug-likeness (QED) is 0.475. The fourth-order valence-electron chi connectivity index (χ4n) is 2.15. The number of hydrogen-bond acceptors (Lipinski definition) is 3. The van der Waals surface area contributed by atoms with E-state index in [9.17, 15) is 4.79 Å². The number of carbonyl (C=O) groups is 1. The van der Waals surface area contributed by atoms with Gasteiger partial charge < -0.3 is 9.84 Å². The highest BCUT2D eigenvalue weighted by Gasteiger charge is 2.14. The van der Waals surface area contributed by atoms with Crippen LogP contribution < -0.4 is 0 Å². The highest BCUT2D eigenvalue weighted by Crippen LogP contribution is 2.26. The number of aliphatic hydroxyl groups is 1. The van der Waals surface area contributed by atoms with E-state index in [0.29, 0.717) is 0 Å². The van der Waals surface area contributed by atoms with Gasteiger partial charge in [0.1, 0.15) is 5.60 Å². The molecular formula is C18H26O3. The molecule has 0 aliphatic heterocycles. The standard InChI is InChI=1S/C18H26O3/c1-18(2,3)21-17(20)13-12-16-11-7-6-10-15(16)9-5-4-8-14-19/h4-5,8-9,12-13,19H,6-7,10-11,14H2,1-3H3/b8-4+,9-5+,13-12+. The fraction of sp³-hybridized carbons (Fsp3) is 0.500. The number of esters is 1. The van der Waals surface area contributed by atoms with Crippen molar-refractivity contribution < 1.29 is 14.6 Å². The molecule has 1 N–H and O–H groups in total. The number of aliphatic hydroxyl groups excluding tert-OH is 1. The predicted molar refractivity (Wildman–Crippen MR) is 85.8 cm³/mol. The Morgan fingerprint density at radius 3 is 2.33 bits per heavy atom. The van der Waals surface area contributed by atoms with Gasteiger partial charge in [-0.3, -0.25) is 0 Å². The number of carbonyl (C=O) groups excluding carboxylic acids is 1. The van der Waals surface area contributed by atoms with Crippen LogP contribution in [0.25, 0.3) is 0 Å². The molecule has 1 aliphatic carbocycles. The summed E-state index contributed by atoms with van der Waals surface area (Å²) in [5.41, 5.74) is 1.99. The maximum atomic E-state index is 11.7. The second kappa shape index (κ2) is 8.63. The van der Waals surface area contributed by atoms with Crippen LogP contribution in [0.4, 0.5) is 0 Å². The molecule has 1 rings (SSSR count). The van der Waals surface area contributed by atoms with Crippen LogP contribution in [0.3, 0.4) is 0 Å². The lowest BCUT2D eigenvalue weighted by atomic mass is 9.91. The van der Waals surface area contributed by atoms with Crippen molar-refractivity contribution in [3.8, 4) is 0 Å². The summed E-state index contributed by atoms with van der Waals surface area (Å²) in [7, 11) is 0. The van der Waals surface area contributed by atoms with Crippen LogP contribution in [0.2, 0.25) is 0 Å². The molecule has 0 saturated heterocycles. The first-order chi connectivity index (χ1) is 9.92. The summed E-state index contributed by atoms with van der Waals surface area (Å²) >= 11 is 0. The van der Waals surface area contributed by atoms with E-state index in [-0.39, 0.29) is 12.6 Å². The highest BCUT2D eigenvalue weighted by molar-refractivity contribution is 5.83. The van der Waals surface area contributed by atoms with E-state index in [1.165, 1.54) is 23.6 Å². The van der Waals surface area contributed by atoms with Crippen LogP contribution in [-0.2, 0) is 9.53 Å². The second-order valence-electron chi connectivity index (χ2n) is 6.09. The minimum Gasteiger partial charge on any atom is -0.457 e. The fourth-order valence-corrected chi connectivity index (χ4v) is 2.15. The lowest BCUT2D eigenvalue weighted by Gasteiger charge is -2.18. The van der Waals surface area contributed by atoms with Gasteiger partial charge in [-0.25, -0.2) is 4.79 Å². The highest BCUT2D eigenvalue weighted by atomic mass is 16.6.